The van der Waals surface area contributed by atoms with Gasteiger partial charge in [-0.3, -0.25) is 14.5 Å². The second kappa shape index (κ2) is 17.5. The lowest BCUT2D eigenvalue weighted by atomic mass is 9.76. The van der Waals surface area contributed by atoms with Crippen molar-refractivity contribution in [2.24, 2.45) is 5.92 Å². The van der Waals surface area contributed by atoms with Gasteiger partial charge >= 0.3 is 12.1 Å². The maximum atomic E-state index is 14.0. The summed E-state index contributed by atoms with van der Waals surface area (Å²) >= 11 is 0. The van der Waals surface area contributed by atoms with E-state index in [0.29, 0.717) is 0 Å². The Morgan fingerprint density at radius 1 is 1.02 bits per heavy atom. The van der Waals surface area contributed by atoms with Crippen molar-refractivity contribution in [1.29, 1.82) is 0 Å². The molecule has 238 valence electrons. The number of carbonyl (C=O) groups excluding carboxylic acids is 3. The van der Waals surface area contributed by atoms with E-state index in [4.69, 9.17) is 14.6 Å². The number of amides is 3. The first-order valence-electron chi connectivity index (χ1n) is 14.3. The molecule has 0 fully saturated rings. The number of methoxy groups -OCH3 is 1. The summed E-state index contributed by atoms with van der Waals surface area (Å²) in [6.45, 7) is 16.6. The molecule has 1 aromatic rings. The van der Waals surface area contributed by atoms with Crippen molar-refractivity contribution in [1.82, 2.24) is 15.1 Å². The Labute approximate surface area is 252 Å². The van der Waals surface area contributed by atoms with Crippen molar-refractivity contribution >= 4 is 23.9 Å². The van der Waals surface area contributed by atoms with Crippen molar-refractivity contribution in [3.63, 3.8) is 0 Å². The Morgan fingerprint density at radius 3 is 2.00 bits per heavy atom. The number of rotatable bonds is 12. The van der Waals surface area contributed by atoms with Gasteiger partial charge in [-0.1, -0.05) is 77.4 Å². The number of carboxylic acids is 1. The highest BCUT2D eigenvalue weighted by Gasteiger charge is 2.44. The van der Waals surface area contributed by atoms with Crippen LogP contribution in [-0.2, 0) is 29.3 Å². The van der Waals surface area contributed by atoms with Crippen LogP contribution in [-0.4, -0.2) is 90.8 Å². The van der Waals surface area contributed by atoms with Gasteiger partial charge < -0.3 is 24.8 Å². The zero-order valence-electron chi connectivity index (χ0n) is 27.6. The van der Waals surface area contributed by atoms with Gasteiger partial charge in [0.05, 0.1) is 6.61 Å². The monoisotopic (exact) mass is 591 g/mol. The van der Waals surface area contributed by atoms with E-state index in [1.165, 1.54) is 50.4 Å². The average molecular weight is 592 g/mol. The van der Waals surface area contributed by atoms with Crippen molar-refractivity contribution < 1.29 is 33.8 Å². The van der Waals surface area contributed by atoms with Gasteiger partial charge in [-0.25, -0.2) is 9.59 Å². The number of hydrogen-bond acceptors (Lipinski definition) is 6. The minimum absolute atomic E-state index is 0.0415. The number of carbonyl (C=O) groups is 4. The van der Waals surface area contributed by atoms with Gasteiger partial charge in [0.25, 0.3) is 0 Å². The van der Waals surface area contributed by atoms with Gasteiger partial charge in [0.15, 0.2) is 0 Å². The number of benzene rings is 1. The van der Waals surface area contributed by atoms with Crippen LogP contribution in [0, 0.1) is 5.92 Å². The molecule has 0 aliphatic carbocycles. The van der Waals surface area contributed by atoms with E-state index in [2.05, 4.69) is 19.2 Å². The Hall–Kier alpha value is -3.40. The molecule has 1 aromatic carbocycles. The average Bonchev–Trinajstić information content (AvgIpc) is 2.89. The van der Waals surface area contributed by atoms with Gasteiger partial charge in [0.1, 0.15) is 17.7 Å². The van der Waals surface area contributed by atoms with E-state index in [1.54, 1.807) is 27.7 Å². The van der Waals surface area contributed by atoms with E-state index in [1.807, 2.05) is 44.2 Å². The number of hydrogen-bond donors (Lipinski definition) is 2. The molecule has 0 spiro atoms. The molecular formula is C32H53N3O7. The van der Waals surface area contributed by atoms with E-state index in [-0.39, 0.29) is 18.7 Å². The smallest absolute Gasteiger partial charge is 0.410 e. The predicted octanol–water partition coefficient (Wildman–Crippen LogP) is 4.87. The second-order valence-corrected chi connectivity index (χ2v) is 12.1. The number of carboxylic acid groups (broad SMARTS) is 1. The van der Waals surface area contributed by atoms with Crippen LogP contribution in [0.5, 0.6) is 0 Å². The molecule has 0 aliphatic rings. The van der Waals surface area contributed by atoms with Gasteiger partial charge in [-0.2, -0.15) is 0 Å². The van der Waals surface area contributed by atoms with Crippen LogP contribution < -0.4 is 5.32 Å². The summed E-state index contributed by atoms with van der Waals surface area (Å²) in [5.41, 5.74) is -0.731. The summed E-state index contributed by atoms with van der Waals surface area (Å²) in [7, 11) is 4.54. The molecule has 3 amide bonds. The molecule has 0 bridgehead atoms. The second-order valence-electron chi connectivity index (χ2n) is 12.1. The Morgan fingerprint density at radius 2 is 1.55 bits per heavy atom. The molecular weight excluding hydrogens is 538 g/mol. The first-order valence-corrected chi connectivity index (χ1v) is 14.3. The fraction of sp³-hybridized carbons (Fsp3) is 0.625. The third kappa shape index (κ3) is 12.2. The fourth-order valence-electron chi connectivity index (χ4n) is 4.18. The lowest BCUT2D eigenvalue weighted by Gasteiger charge is -2.41. The first kappa shape index (κ1) is 38.6. The standard InChI is InChI=1S/C29H45N3O7.C3H8/c1-19(26(35)36)16-17-31(8)25(34)22(20(2)18-38-10)30-24(33)23(32(9)27(37)39-28(3,4)5)29(6,7)21-14-12-11-13-15-21;1-3-2/h11-16,20,22-23H,17-18H2,1-10H3,(H,30,33)(H,35,36);3H2,1-2H3/b19-16+;. The molecule has 10 nitrogen and oxygen atoms in total. The summed E-state index contributed by atoms with van der Waals surface area (Å²) in [5, 5.41) is 12.0. The van der Waals surface area contributed by atoms with E-state index >= 15 is 0 Å². The highest BCUT2D eigenvalue weighted by molar-refractivity contribution is 5.92. The van der Waals surface area contributed by atoms with E-state index in [9.17, 15) is 19.2 Å². The van der Waals surface area contributed by atoms with Crippen LogP contribution in [0.3, 0.4) is 0 Å². The predicted molar refractivity (Wildman–Crippen MR) is 165 cm³/mol. The molecule has 42 heavy (non-hydrogen) atoms. The topological polar surface area (TPSA) is 125 Å². The highest BCUT2D eigenvalue weighted by atomic mass is 16.6. The number of nitrogens with one attached hydrogen (secondary N) is 1. The molecule has 0 saturated carbocycles. The lowest BCUT2D eigenvalue weighted by Crippen LogP contribution is -2.61. The summed E-state index contributed by atoms with van der Waals surface area (Å²) in [6.07, 6.45) is 2.00. The van der Waals surface area contributed by atoms with Crippen molar-refractivity contribution in [2.45, 2.75) is 91.8 Å². The van der Waals surface area contributed by atoms with Crippen molar-refractivity contribution in [3.8, 4) is 0 Å². The molecule has 2 N–H and O–H groups in total. The Bertz CT molecular complexity index is 1050. The van der Waals surface area contributed by atoms with Crippen molar-refractivity contribution in [3.05, 3.63) is 47.5 Å². The number of ether oxygens (including phenoxy) is 2. The normalized spacial score (nSPS) is 14.0. The van der Waals surface area contributed by atoms with Crippen LogP contribution in [0.4, 0.5) is 4.79 Å². The fourth-order valence-corrected chi connectivity index (χ4v) is 4.18. The maximum absolute atomic E-state index is 14.0. The highest BCUT2D eigenvalue weighted by Crippen LogP contribution is 2.31. The molecule has 0 saturated heterocycles. The largest absolute Gasteiger partial charge is 0.478 e. The summed E-state index contributed by atoms with van der Waals surface area (Å²) in [4.78, 5) is 54.4. The number of likely N-dealkylation sites (N-methyl/N-ethyl adjacent to an activating group) is 2. The van der Waals surface area contributed by atoms with E-state index in [0.717, 1.165) is 5.56 Å². The third-order valence-corrected chi connectivity index (χ3v) is 6.47. The zero-order valence-corrected chi connectivity index (χ0v) is 27.6. The number of nitrogens with zero attached hydrogens (tertiary/aromatic N) is 2. The van der Waals surface area contributed by atoms with E-state index < -0.39 is 52.9 Å². The van der Waals surface area contributed by atoms with Crippen LogP contribution in [0.25, 0.3) is 0 Å². The summed E-state index contributed by atoms with van der Waals surface area (Å²) in [5.74, 6) is -2.46. The van der Waals surface area contributed by atoms with Crippen LogP contribution in [0.2, 0.25) is 0 Å². The molecule has 1 rings (SSSR count). The molecule has 0 heterocycles. The minimum atomic E-state index is -1.08. The molecule has 0 aromatic heterocycles. The molecule has 3 unspecified atom stereocenters. The van der Waals surface area contributed by atoms with Crippen LogP contribution in [0.1, 0.15) is 74.3 Å². The lowest BCUT2D eigenvalue weighted by molar-refractivity contribution is -0.139. The third-order valence-electron chi connectivity index (χ3n) is 6.47. The Balaban J connectivity index is 0.00000535. The molecule has 0 aliphatic heterocycles. The number of aliphatic carboxylic acids is 1. The summed E-state index contributed by atoms with van der Waals surface area (Å²) in [6, 6.07) is 7.29. The van der Waals surface area contributed by atoms with Crippen molar-refractivity contribution in [2.75, 3.05) is 34.4 Å². The quantitative estimate of drug-likeness (QED) is 0.332. The maximum Gasteiger partial charge on any atom is 0.410 e. The first-order chi connectivity index (χ1) is 19.3. The van der Waals surface area contributed by atoms with Gasteiger partial charge in [-0.05, 0) is 33.3 Å². The van der Waals surface area contributed by atoms with Gasteiger partial charge in [0.2, 0.25) is 11.8 Å². The van der Waals surface area contributed by atoms with Crippen LogP contribution >= 0.6 is 0 Å². The summed E-state index contributed by atoms with van der Waals surface area (Å²) < 4.78 is 10.8. The SMILES string of the molecule is CCC.COCC(C)C(NC(=O)C(N(C)C(=O)OC(C)(C)C)C(C)(C)c1ccccc1)C(=O)N(C)C/C=C(\C)C(=O)O. The molecule has 0 radical (unpaired) electrons. The molecule has 3 atom stereocenters. The Kier molecular flexibility index (Phi) is 16.1. The van der Waals surface area contributed by atoms with Gasteiger partial charge in [-0.15, -0.1) is 0 Å². The zero-order chi connectivity index (χ0) is 32.8. The van der Waals surface area contributed by atoms with Gasteiger partial charge in [0, 0.05) is 44.7 Å². The minimum Gasteiger partial charge on any atom is -0.478 e. The van der Waals surface area contributed by atoms with Crippen LogP contribution in [0.15, 0.2) is 42.0 Å². The molecule has 10 heteroatoms.